The number of hydrogen-bond acceptors (Lipinski definition) is 2. The number of nitrogens with one attached hydrogen (secondary N) is 1. The first-order valence-electron chi connectivity index (χ1n) is 5.00. The number of benzene rings is 1. The molecule has 1 N–H and O–H groups in total. The maximum absolute atomic E-state index is 12.1. The Hall–Kier alpha value is -1.32. The zero-order chi connectivity index (χ0) is 10.8. The fraction of sp³-hybridized carbons (Fsp3) is 0.455. The fourth-order valence-corrected chi connectivity index (χ4v) is 1.83. The molecule has 0 bridgehead atoms. The third-order valence-corrected chi connectivity index (χ3v) is 2.57. The average molecular weight is 213 g/mol. The Morgan fingerprint density at radius 3 is 3.00 bits per heavy atom. The lowest BCUT2D eigenvalue weighted by Crippen LogP contribution is -2.22. The van der Waals surface area contributed by atoms with Crippen LogP contribution in [-0.2, 0) is 6.42 Å². The van der Waals surface area contributed by atoms with Crippen LogP contribution in [0.3, 0.4) is 0 Å². The maximum atomic E-state index is 12.1. The van der Waals surface area contributed by atoms with Crippen molar-refractivity contribution >= 4 is 5.69 Å². The Labute approximate surface area is 87.2 Å². The van der Waals surface area contributed by atoms with Crippen molar-refractivity contribution in [2.24, 2.45) is 0 Å². The van der Waals surface area contributed by atoms with Gasteiger partial charge in [-0.15, -0.1) is 0 Å². The Bertz CT molecular complexity index is 354. The zero-order valence-corrected chi connectivity index (χ0v) is 8.47. The summed E-state index contributed by atoms with van der Waals surface area (Å²) >= 11 is 0. The first-order chi connectivity index (χ1) is 7.16. The van der Waals surface area contributed by atoms with Gasteiger partial charge in [0.2, 0.25) is 0 Å². The van der Waals surface area contributed by atoms with E-state index in [0.717, 1.165) is 24.1 Å². The minimum atomic E-state index is -2.77. The molecule has 0 saturated heterocycles. The lowest BCUT2D eigenvalue weighted by molar-refractivity contribution is -0.0494. The molecule has 4 heteroatoms. The van der Waals surface area contributed by atoms with E-state index in [-0.39, 0.29) is 5.75 Å². The predicted molar refractivity (Wildman–Crippen MR) is 54.5 cm³/mol. The van der Waals surface area contributed by atoms with Crippen LogP contribution in [0.25, 0.3) is 0 Å². The van der Waals surface area contributed by atoms with Crippen molar-refractivity contribution in [1.82, 2.24) is 0 Å². The van der Waals surface area contributed by atoms with Crippen LogP contribution in [0.2, 0.25) is 0 Å². The summed E-state index contributed by atoms with van der Waals surface area (Å²) in [6.07, 6.45) is 1.93. The van der Waals surface area contributed by atoms with Crippen LogP contribution in [0.4, 0.5) is 14.5 Å². The van der Waals surface area contributed by atoms with Gasteiger partial charge in [-0.25, -0.2) is 0 Å². The number of alkyl halides is 2. The van der Waals surface area contributed by atoms with E-state index < -0.39 is 6.61 Å². The number of rotatable bonds is 2. The first kappa shape index (κ1) is 10.2. The second-order valence-corrected chi connectivity index (χ2v) is 3.75. The van der Waals surface area contributed by atoms with E-state index >= 15 is 0 Å². The monoisotopic (exact) mass is 213 g/mol. The van der Waals surface area contributed by atoms with Crippen LogP contribution in [0.15, 0.2) is 18.2 Å². The van der Waals surface area contributed by atoms with Crippen molar-refractivity contribution in [2.75, 3.05) is 5.32 Å². The van der Waals surface area contributed by atoms with Crippen LogP contribution in [-0.4, -0.2) is 12.7 Å². The van der Waals surface area contributed by atoms with E-state index in [1.54, 1.807) is 12.1 Å². The molecule has 2 rings (SSSR count). The summed E-state index contributed by atoms with van der Waals surface area (Å²) in [5.41, 5.74) is 1.77. The standard InChI is InChI=1S/C11H13F2NO/c1-7-5-6-8-3-2-4-9(10(8)14-7)15-11(12)13/h2-4,7,11,14H,5-6H2,1H3. The highest BCUT2D eigenvalue weighted by Crippen LogP contribution is 2.34. The average Bonchev–Trinajstić information content (AvgIpc) is 2.18. The smallest absolute Gasteiger partial charge is 0.387 e. The second-order valence-electron chi connectivity index (χ2n) is 3.75. The quantitative estimate of drug-likeness (QED) is 0.815. The molecule has 1 aromatic rings. The van der Waals surface area contributed by atoms with E-state index in [4.69, 9.17) is 0 Å². The van der Waals surface area contributed by atoms with Gasteiger partial charge in [0.05, 0.1) is 5.69 Å². The van der Waals surface area contributed by atoms with Gasteiger partial charge >= 0.3 is 6.61 Å². The molecule has 0 saturated carbocycles. The second kappa shape index (κ2) is 4.04. The number of hydrogen-bond donors (Lipinski definition) is 1. The van der Waals surface area contributed by atoms with Gasteiger partial charge in [-0.1, -0.05) is 12.1 Å². The molecule has 0 aromatic heterocycles. The van der Waals surface area contributed by atoms with Gasteiger partial charge in [0.25, 0.3) is 0 Å². The van der Waals surface area contributed by atoms with Crippen molar-refractivity contribution in [1.29, 1.82) is 0 Å². The van der Waals surface area contributed by atoms with E-state index in [1.165, 1.54) is 0 Å². The van der Waals surface area contributed by atoms with Crippen molar-refractivity contribution in [2.45, 2.75) is 32.4 Å². The minimum absolute atomic E-state index is 0.244. The summed E-state index contributed by atoms with van der Waals surface area (Å²) in [5, 5.41) is 3.18. The Morgan fingerprint density at radius 2 is 2.27 bits per heavy atom. The topological polar surface area (TPSA) is 21.3 Å². The van der Waals surface area contributed by atoms with E-state index in [1.807, 2.05) is 13.0 Å². The SMILES string of the molecule is CC1CCc2cccc(OC(F)F)c2N1. The van der Waals surface area contributed by atoms with Crippen molar-refractivity contribution in [3.8, 4) is 5.75 Å². The molecule has 0 radical (unpaired) electrons. The van der Waals surface area contributed by atoms with Crippen LogP contribution >= 0.6 is 0 Å². The molecule has 1 heterocycles. The highest BCUT2D eigenvalue weighted by molar-refractivity contribution is 5.63. The zero-order valence-electron chi connectivity index (χ0n) is 8.47. The van der Waals surface area contributed by atoms with E-state index in [9.17, 15) is 8.78 Å². The molecule has 82 valence electrons. The summed E-state index contributed by atoms with van der Waals surface area (Å²) in [5.74, 6) is 0.244. The third kappa shape index (κ3) is 2.19. The molecule has 1 aromatic carbocycles. The lowest BCUT2D eigenvalue weighted by Gasteiger charge is -2.25. The minimum Gasteiger partial charge on any atom is -0.433 e. The number of anilines is 1. The van der Waals surface area contributed by atoms with Gasteiger partial charge < -0.3 is 10.1 Å². The van der Waals surface area contributed by atoms with Gasteiger partial charge in [-0.05, 0) is 31.4 Å². The van der Waals surface area contributed by atoms with Crippen LogP contribution in [0.5, 0.6) is 5.75 Å². The highest BCUT2D eigenvalue weighted by Gasteiger charge is 2.19. The fourth-order valence-electron chi connectivity index (χ4n) is 1.83. The largest absolute Gasteiger partial charge is 0.433 e. The summed E-state index contributed by atoms with van der Waals surface area (Å²) in [4.78, 5) is 0. The predicted octanol–water partition coefficient (Wildman–Crippen LogP) is 3.03. The Kier molecular flexibility index (Phi) is 2.75. The van der Waals surface area contributed by atoms with Crippen molar-refractivity contribution in [3.05, 3.63) is 23.8 Å². The van der Waals surface area contributed by atoms with Gasteiger partial charge in [-0.3, -0.25) is 0 Å². The summed E-state index contributed by atoms with van der Waals surface area (Å²) in [6, 6.07) is 5.55. The summed E-state index contributed by atoms with van der Waals surface area (Å²) in [6.45, 7) is -0.738. The Balaban J connectivity index is 2.31. The molecule has 0 spiro atoms. The molecule has 0 aliphatic carbocycles. The van der Waals surface area contributed by atoms with E-state index in [2.05, 4.69) is 10.1 Å². The molecular weight excluding hydrogens is 200 g/mol. The third-order valence-electron chi connectivity index (χ3n) is 2.57. The van der Waals surface area contributed by atoms with Gasteiger partial charge in [0, 0.05) is 6.04 Å². The maximum Gasteiger partial charge on any atom is 0.387 e. The molecule has 2 nitrogen and oxygen atoms in total. The summed E-state index contributed by atoms with van der Waals surface area (Å²) in [7, 11) is 0. The molecular formula is C11H13F2NO. The summed E-state index contributed by atoms with van der Waals surface area (Å²) < 4.78 is 28.7. The molecule has 1 aliphatic rings. The molecule has 15 heavy (non-hydrogen) atoms. The van der Waals surface area contributed by atoms with Crippen LogP contribution in [0, 0.1) is 0 Å². The lowest BCUT2D eigenvalue weighted by atomic mass is 9.98. The number of ether oxygens (including phenoxy) is 1. The van der Waals surface area contributed by atoms with E-state index in [0.29, 0.717) is 6.04 Å². The molecule has 1 aliphatic heterocycles. The van der Waals surface area contributed by atoms with Gasteiger partial charge in [0.1, 0.15) is 5.75 Å². The first-order valence-corrected chi connectivity index (χ1v) is 5.00. The van der Waals surface area contributed by atoms with Crippen LogP contribution in [0.1, 0.15) is 18.9 Å². The molecule has 1 atom stereocenters. The number of halogens is 2. The van der Waals surface area contributed by atoms with Crippen molar-refractivity contribution < 1.29 is 13.5 Å². The Morgan fingerprint density at radius 1 is 1.47 bits per heavy atom. The molecule has 1 unspecified atom stereocenters. The normalized spacial score (nSPS) is 19.6. The number of aryl methyl sites for hydroxylation is 1. The van der Waals surface area contributed by atoms with Crippen LogP contribution < -0.4 is 10.1 Å². The molecule has 0 fully saturated rings. The van der Waals surface area contributed by atoms with Gasteiger partial charge in [0.15, 0.2) is 0 Å². The van der Waals surface area contributed by atoms with Gasteiger partial charge in [-0.2, -0.15) is 8.78 Å². The van der Waals surface area contributed by atoms with Crippen molar-refractivity contribution in [3.63, 3.8) is 0 Å². The number of fused-ring (bicyclic) bond motifs is 1. The number of para-hydroxylation sites is 1. The highest BCUT2D eigenvalue weighted by atomic mass is 19.3. The molecule has 0 amide bonds.